The second-order valence-corrected chi connectivity index (χ2v) is 4.31. The van der Waals surface area contributed by atoms with Crippen molar-refractivity contribution < 1.29 is 9.13 Å². The first kappa shape index (κ1) is 13.5. The summed E-state index contributed by atoms with van der Waals surface area (Å²) in [6, 6.07) is 7.37. The Morgan fingerprint density at radius 3 is 2.63 bits per heavy atom. The monoisotopic (exact) mass is 281 g/mol. The first-order chi connectivity index (χ1) is 9.10. The number of rotatable bonds is 4. The van der Waals surface area contributed by atoms with Crippen LogP contribution in [0.3, 0.4) is 0 Å². The molecule has 0 aliphatic rings. The lowest BCUT2D eigenvalue weighted by molar-refractivity contribution is 0.414. The van der Waals surface area contributed by atoms with E-state index in [4.69, 9.17) is 16.3 Å². The van der Waals surface area contributed by atoms with Crippen LogP contribution in [-0.4, -0.2) is 17.1 Å². The Labute approximate surface area is 115 Å². The maximum atomic E-state index is 13.5. The maximum absolute atomic E-state index is 13.5. The van der Waals surface area contributed by atoms with Crippen molar-refractivity contribution >= 4 is 17.4 Å². The number of halogens is 2. The number of nitrogens with one attached hydrogen (secondary N) is 1. The molecule has 4 nitrogen and oxygen atoms in total. The van der Waals surface area contributed by atoms with Gasteiger partial charge in [0.1, 0.15) is 5.75 Å². The molecule has 19 heavy (non-hydrogen) atoms. The standard InChI is InChI=1S/C13H13ClFN3O/c1-8(9-3-5-10(19-2)6-4-9)17-12-11(15)7-16-13(14)18-12/h3-8H,1-2H3,(H,16,17,18)/t8-/m0/s1. The Morgan fingerprint density at radius 2 is 2.00 bits per heavy atom. The summed E-state index contributed by atoms with van der Waals surface area (Å²) in [6.45, 7) is 1.90. The van der Waals surface area contributed by atoms with Gasteiger partial charge in [-0.1, -0.05) is 12.1 Å². The van der Waals surface area contributed by atoms with Crippen molar-refractivity contribution in [3.63, 3.8) is 0 Å². The van der Waals surface area contributed by atoms with Crippen molar-refractivity contribution in [1.82, 2.24) is 9.97 Å². The molecule has 0 saturated carbocycles. The zero-order chi connectivity index (χ0) is 13.8. The second kappa shape index (κ2) is 5.84. The van der Waals surface area contributed by atoms with Gasteiger partial charge in [0.05, 0.1) is 19.3 Å². The van der Waals surface area contributed by atoms with Crippen LogP contribution in [0.15, 0.2) is 30.5 Å². The molecule has 0 amide bonds. The minimum absolute atomic E-state index is 0.00540. The lowest BCUT2D eigenvalue weighted by Crippen LogP contribution is -2.10. The van der Waals surface area contributed by atoms with Gasteiger partial charge in [-0.3, -0.25) is 0 Å². The van der Waals surface area contributed by atoms with Gasteiger partial charge in [-0.2, -0.15) is 4.98 Å². The number of benzene rings is 1. The number of hydrogen-bond donors (Lipinski definition) is 1. The SMILES string of the molecule is COc1ccc([C@H](C)Nc2nc(Cl)ncc2F)cc1. The summed E-state index contributed by atoms with van der Waals surface area (Å²) >= 11 is 5.64. The molecule has 2 aromatic rings. The van der Waals surface area contributed by atoms with E-state index in [-0.39, 0.29) is 17.1 Å². The maximum Gasteiger partial charge on any atom is 0.224 e. The molecular weight excluding hydrogens is 269 g/mol. The van der Waals surface area contributed by atoms with E-state index in [9.17, 15) is 4.39 Å². The smallest absolute Gasteiger partial charge is 0.224 e. The van der Waals surface area contributed by atoms with Crippen molar-refractivity contribution in [3.05, 3.63) is 47.1 Å². The van der Waals surface area contributed by atoms with Crippen molar-refractivity contribution in [2.24, 2.45) is 0 Å². The van der Waals surface area contributed by atoms with Crippen molar-refractivity contribution in [2.45, 2.75) is 13.0 Å². The average molecular weight is 282 g/mol. The topological polar surface area (TPSA) is 47.0 Å². The van der Waals surface area contributed by atoms with E-state index < -0.39 is 5.82 Å². The fourth-order valence-corrected chi connectivity index (χ4v) is 1.76. The minimum Gasteiger partial charge on any atom is -0.497 e. The first-order valence-electron chi connectivity index (χ1n) is 5.68. The lowest BCUT2D eigenvalue weighted by atomic mass is 10.1. The molecule has 2 rings (SSSR count). The van der Waals surface area contributed by atoms with Gasteiger partial charge in [0.15, 0.2) is 11.6 Å². The number of nitrogens with zero attached hydrogens (tertiary/aromatic N) is 2. The van der Waals surface area contributed by atoms with Crippen LogP contribution >= 0.6 is 11.6 Å². The first-order valence-corrected chi connectivity index (χ1v) is 6.06. The molecule has 100 valence electrons. The number of ether oxygens (including phenoxy) is 1. The van der Waals surface area contributed by atoms with Gasteiger partial charge < -0.3 is 10.1 Å². The Balaban J connectivity index is 2.15. The summed E-state index contributed by atoms with van der Waals surface area (Å²) in [5.74, 6) is 0.320. The third-order valence-corrected chi connectivity index (χ3v) is 2.87. The molecule has 0 bridgehead atoms. The summed E-state index contributed by atoms with van der Waals surface area (Å²) in [5, 5.41) is 2.96. The number of aromatic nitrogens is 2. The molecule has 1 atom stereocenters. The third-order valence-electron chi connectivity index (χ3n) is 2.68. The van der Waals surface area contributed by atoms with Crippen LogP contribution in [0.1, 0.15) is 18.5 Å². The van der Waals surface area contributed by atoms with Crippen molar-refractivity contribution in [2.75, 3.05) is 12.4 Å². The predicted molar refractivity (Wildman–Crippen MR) is 72.0 cm³/mol. The van der Waals surface area contributed by atoms with E-state index in [1.54, 1.807) is 7.11 Å². The minimum atomic E-state index is -0.537. The highest BCUT2D eigenvalue weighted by Gasteiger charge is 2.11. The summed E-state index contributed by atoms with van der Waals surface area (Å²) in [7, 11) is 1.61. The quantitative estimate of drug-likeness (QED) is 0.872. The van der Waals surface area contributed by atoms with E-state index in [2.05, 4.69) is 15.3 Å². The number of methoxy groups -OCH3 is 1. The molecule has 0 aliphatic carbocycles. The van der Waals surface area contributed by atoms with E-state index in [1.165, 1.54) is 0 Å². The molecule has 6 heteroatoms. The summed E-state index contributed by atoms with van der Waals surface area (Å²) in [5.41, 5.74) is 0.981. The van der Waals surface area contributed by atoms with Crippen LogP contribution in [-0.2, 0) is 0 Å². The van der Waals surface area contributed by atoms with Gasteiger partial charge in [0, 0.05) is 0 Å². The number of anilines is 1. The zero-order valence-electron chi connectivity index (χ0n) is 10.5. The Hall–Kier alpha value is -1.88. The Morgan fingerprint density at radius 1 is 1.32 bits per heavy atom. The average Bonchev–Trinajstić information content (AvgIpc) is 2.43. The molecular formula is C13H13ClFN3O. The molecule has 0 unspecified atom stereocenters. The third kappa shape index (κ3) is 3.32. The Kier molecular flexibility index (Phi) is 4.16. The van der Waals surface area contributed by atoms with E-state index in [0.717, 1.165) is 17.5 Å². The van der Waals surface area contributed by atoms with Crippen LogP contribution in [0.2, 0.25) is 5.28 Å². The largest absolute Gasteiger partial charge is 0.497 e. The van der Waals surface area contributed by atoms with Crippen LogP contribution < -0.4 is 10.1 Å². The van der Waals surface area contributed by atoms with Crippen LogP contribution in [0.5, 0.6) is 5.75 Å². The molecule has 0 radical (unpaired) electrons. The van der Waals surface area contributed by atoms with Gasteiger partial charge in [-0.25, -0.2) is 9.37 Å². The fraction of sp³-hybridized carbons (Fsp3) is 0.231. The Bertz CT molecular complexity index is 562. The van der Waals surface area contributed by atoms with Gasteiger partial charge in [0.2, 0.25) is 5.28 Å². The zero-order valence-corrected chi connectivity index (χ0v) is 11.3. The molecule has 0 saturated heterocycles. The van der Waals surface area contributed by atoms with E-state index in [0.29, 0.717) is 0 Å². The second-order valence-electron chi connectivity index (χ2n) is 3.97. The molecule has 0 spiro atoms. The van der Waals surface area contributed by atoms with E-state index >= 15 is 0 Å². The summed E-state index contributed by atoms with van der Waals surface area (Å²) in [4.78, 5) is 7.38. The van der Waals surface area contributed by atoms with Gasteiger partial charge in [0.25, 0.3) is 0 Å². The van der Waals surface area contributed by atoms with Crippen LogP contribution in [0.25, 0.3) is 0 Å². The van der Waals surface area contributed by atoms with E-state index in [1.807, 2.05) is 31.2 Å². The van der Waals surface area contributed by atoms with Gasteiger partial charge in [-0.05, 0) is 36.2 Å². The highest BCUT2D eigenvalue weighted by molar-refractivity contribution is 6.28. The van der Waals surface area contributed by atoms with Crippen molar-refractivity contribution in [3.8, 4) is 5.75 Å². The normalized spacial score (nSPS) is 12.0. The molecule has 1 aromatic carbocycles. The summed E-state index contributed by atoms with van der Waals surface area (Å²) < 4.78 is 18.6. The van der Waals surface area contributed by atoms with Gasteiger partial charge in [-0.15, -0.1) is 0 Å². The number of hydrogen-bond acceptors (Lipinski definition) is 4. The van der Waals surface area contributed by atoms with Crippen molar-refractivity contribution in [1.29, 1.82) is 0 Å². The highest BCUT2D eigenvalue weighted by Crippen LogP contribution is 2.22. The molecule has 1 heterocycles. The van der Waals surface area contributed by atoms with Crippen LogP contribution in [0, 0.1) is 5.82 Å². The lowest BCUT2D eigenvalue weighted by Gasteiger charge is -2.15. The fourth-order valence-electron chi connectivity index (χ4n) is 1.63. The van der Waals surface area contributed by atoms with Gasteiger partial charge >= 0.3 is 0 Å². The predicted octanol–water partition coefficient (Wildman–Crippen LogP) is 3.45. The molecule has 1 aromatic heterocycles. The molecule has 0 aliphatic heterocycles. The molecule has 1 N–H and O–H groups in total. The molecule has 0 fully saturated rings. The highest BCUT2D eigenvalue weighted by atomic mass is 35.5. The summed E-state index contributed by atoms with van der Waals surface area (Å²) in [6.07, 6.45) is 1.04. The van der Waals surface area contributed by atoms with Crippen LogP contribution in [0.4, 0.5) is 10.2 Å².